The topological polar surface area (TPSA) is 93.3 Å². The molecule has 152 valence electrons. The first-order valence-electron chi connectivity index (χ1n) is 9.54. The minimum Gasteiger partial charge on any atom is -0.383 e. The lowest BCUT2D eigenvalue weighted by Crippen LogP contribution is -2.40. The van der Waals surface area contributed by atoms with Crippen molar-refractivity contribution in [2.75, 3.05) is 37.4 Å². The van der Waals surface area contributed by atoms with E-state index in [1.54, 1.807) is 7.11 Å². The number of aromatic amines is 1. The van der Waals surface area contributed by atoms with Crippen LogP contribution in [0.25, 0.3) is 0 Å². The molecule has 0 atom stereocenters. The van der Waals surface area contributed by atoms with Crippen molar-refractivity contribution in [1.82, 2.24) is 9.55 Å². The molecule has 0 aliphatic heterocycles. The molecule has 7 nitrogen and oxygen atoms in total. The van der Waals surface area contributed by atoms with E-state index in [0.29, 0.717) is 25.4 Å². The van der Waals surface area contributed by atoms with Crippen LogP contribution in [-0.2, 0) is 17.7 Å². The van der Waals surface area contributed by atoms with Crippen molar-refractivity contribution in [1.29, 1.82) is 0 Å². The van der Waals surface area contributed by atoms with Gasteiger partial charge in [-0.05, 0) is 17.5 Å². The molecule has 0 amide bonds. The maximum atomic E-state index is 12.7. The summed E-state index contributed by atoms with van der Waals surface area (Å²) in [6.45, 7) is 1.78. The van der Waals surface area contributed by atoms with Gasteiger partial charge in [-0.1, -0.05) is 60.7 Å². The van der Waals surface area contributed by atoms with E-state index in [1.807, 2.05) is 65.6 Å². The number of H-pyrrole nitrogens is 1. The van der Waals surface area contributed by atoms with Gasteiger partial charge >= 0.3 is 5.69 Å². The van der Waals surface area contributed by atoms with E-state index in [1.165, 1.54) is 4.57 Å². The van der Waals surface area contributed by atoms with Gasteiger partial charge in [0.05, 0.1) is 13.2 Å². The van der Waals surface area contributed by atoms with Gasteiger partial charge in [-0.3, -0.25) is 14.3 Å². The summed E-state index contributed by atoms with van der Waals surface area (Å²) in [5.74, 6) is 0.159. The van der Waals surface area contributed by atoms with Crippen molar-refractivity contribution in [3.05, 3.63) is 92.6 Å². The first kappa shape index (κ1) is 20.4. The lowest BCUT2D eigenvalue weighted by Gasteiger charge is -2.26. The maximum Gasteiger partial charge on any atom is 0.330 e. The summed E-state index contributed by atoms with van der Waals surface area (Å²) >= 11 is 0. The van der Waals surface area contributed by atoms with Crippen LogP contribution in [0.15, 0.2) is 70.3 Å². The number of aromatic nitrogens is 2. The lowest BCUT2D eigenvalue weighted by molar-refractivity contribution is 0.205. The maximum absolute atomic E-state index is 12.7. The average Bonchev–Trinajstić information content (AvgIpc) is 2.74. The van der Waals surface area contributed by atoms with Gasteiger partial charge in [0.1, 0.15) is 11.5 Å². The summed E-state index contributed by atoms with van der Waals surface area (Å²) in [5.41, 5.74) is 7.71. The van der Waals surface area contributed by atoms with Gasteiger partial charge in [0.15, 0.2) is 0 Å². The summed E-state index contributed by atoms with van der Waals surface area (Å²) in [7, 11) is 1.61. The highest BCUT2D eigenvalue weighted by Crippen LogP contribution is 2.18. The predicted molar refractivity (Wildman–Crippen MR) is 116 cm³/mol. The second kappa shape index (κ2) is 9.75. The van der Waals surface area contributed by atoms with Gasteiger partial charge in [0.25, 0.3) is 5.56 Å². The smallest absolute Gasteiger partial charge is 0.330 e. The standard InChI is InChI=1S/C22H26N4O3/c1-29-15-14-25(13-12-17-8-4-2-5-9-17)19-20(23)26(22(28)24-21(19)27)16-18-10-6-3-7-11-18/h2-11H,12-16,23H2,1H3,(H,24,27,28). The van der Waals surface area contributed by atoms with E-state index in [4.69, 9.17) is 10.5 Å². The monoisotopic (exact) mass is 394 g/mol. The molecule has 0 fully saturated rings. The zero-order valence-corrected chi connectivity index (χ0v) is 16.5. The van der Waals surface area contributed by atoms with Crippen molar-refractivity contribution in [3.63, 3.8) is 0 Å². The summed E-state index contributed by atoms with van der Waals surface area (Å²) in [5, 5.41) is 0. The van der Waals surface area contributed by atoms with E-state index >= 15 is 0 Å². The summed E-state index contributed by atoms with van der Waals surface area (Å²) in [6.07, 6.45) is 0.737. The minimum atomic E-state index is -0.519. The van der Waals surface area contributed by atoms with Gasteiger partial charge in [0, 0.05) is 20.2 Å². The first-order chi connectivity index (χ1) is 14.1. The Hall–Kier alpha value is -3.32. The van der Waals surface area contributed by atoms with Gasteiger partial charge in [-0.2, -0.15) is 0 Å². The zero-order valence-electron chi connectivity index (χ0n) is 16.5. The Kier molecular flexibility index (Phi) is 6.86. The number of nitrogens with two attached hydrogens (primary N) is 1. The number of nitrogens with zero attached hydrogens (tertiary/aromatic N) is 2. The fourth-order valence-corrected chi connectivity index (χ4v) is 3.25. The Labute approximate surface area is 169 Å². The molecule has 0 unspecified atom stereocenters. The summed E-state index contributed by atoms with van der Waals surface area (Å²) < 4.78 is 6.61. The second-order valence-electron chi connectivity index (χ2n) is 6.78. The summed E-state index contributed by atoms with van der Waals surface area (Å²) in [6, 6.07) is 19.5. The largest absolute Gasteiger partial charge is 0.383 e. The molecule has 0 aliphatic carbocycles. The van der Waals surface area contributed by atoms with Gasteiger partial charge in [-0.15, -0.1) is 0 Å². The van der Waals surface area contributed by atoms with Crippen LogP contribution in [0.2, 0.25) is 0 Å². The number of hydrogen-bond donors (Lipinski definition) is 2. The zero-order chi connectivity index (χ0) is 20.6. The first-order valence-corrected chi connectivity index (χ1v) is 9.54. The van der Waals surface area contributed by atoms with E-state index < -0.39 is 11.2 Å². The van der Waals surface area contributed by atoms with Crippen molar-refractivity contribution < 1.29 is 4.74 Å². The van der Waals surface area contributed by atoms with Crippen LogP contribution in [0, 0.1) is 0 Å². The molecule has 3 aromatic rings. The van der Waals surface area contributed by atoms with Crippen molar-refractivity contribution in [2.45, 2.75) is 13.0 Å². The third kappa shape index (κ3) is 5.14. The Morgan fingerprint density at radius 2 is 1.59 bits per heavy atom. The Morgan fingerprint density at radius 1 is 0.966 bits per heavy atom. The highest BCUT2D eigenvalue weighted by atomic mass is 16.5. The Balaban J connectivity index is 1.94. The Bertz CT molecular complexity index is 1030. The average molecular weight is 394 g/mol. The van der Waals surface area contributed by atoms with E-state index in [9.17, 15) is 9.59 Å². The normalized spacial score (nSPS) is 10.8. The van der Waals surface area contributed by atoms with Crippen LogP contribution >= 0.6 is 0 Å². The molecule has 0 saturated heterocycles. The van der Waals surface area contributed by atoms with Gasteiger partial charge < -0.3 is 15.4 Å². The van der Waals surface area contributed by atoms with Gasteiger partial charge in [0.2, 0.25) is 0 Å². The van der Waals surface area contributed by atoms with Crippen LogP contribution in [-0.4, -0.2) is 36.4 Å². The molecule has 1 aromatic heterocycles. The molecule has 2 aromatic carbocycles. The molecule has 0 aliphatic rings. The number of hydrogen-bond acceptors (Lipinski definition) is 5. The van der Waals surface area contributed by atoms with E-state index in [2.05, 4.69) is 4.98 Å². The lowest BCUT2D eigenvalue weighted by atomic mass is 10.1. The van der Waals surface area contributed by atoms with E-state index in [0.717, 1.165) is 17.5 Å². The van der Waals surface area contributed by atoms with Crippen molar-refractivity contribution in [2.24, 2.45) is 0 Å². The van der Waals surface area contributed by atoms with Crippen LogP contribution in [0.5, 0.6) is 0 Å². The van der Waals surface area contributed by atoms with Crippen LogP contribution in [0.4, 0.5) is 11.5 Å². The minimum absolute atomic E-state index is 0.159. The predicted octanol–water partition coefficient (Wildman–Crippen LogP) is 1.86. The molecule has 1 heterocycles. The fraction of sp³-hybridized carbons (Fsp3) is 0.273. The van der Waals surface area contributed by atoms with Crippen LogP contribution < -0.4 is 21.9 Å². The van der Waals surface area contributed by atoms with Crippen molar-refractivity contribution >= 4 is 11.5 Å². The number of rotatable bonds is 9. The fourth-order valence-electron chi connectivity index (χ4n) is 3.25. The van der Waals surface area contributed by atoms with Gasteiger partial charge in [-0.25, -0.2) is 4.79 Å². The summed E-state index contributed by atoms with van der Waals surface area (Å²) in [4.78, 5) is 29.4. The van der Waals surface area contributed by atoms with E-state index in [-0.39, 0.29) is 12.4 Å². The quantitative estimate of drug-likeness (QED) is 0.578. The van der Waals surface area contributed by atoms with Crippen LogP contribution in [0.3, 0.4) is 0 Å². The Morgan fingerprint density at radius 3 is 2.21 bits per heavy atom. The molecule has 3 rings (SSSR count). The van der Waals surface area contributed by atoms with Crippen LogP contribution in [0.1, 0.15) is 11.1 Å². The number of anilines is 2. The molecule has 3 N–H and O–H groups in total. The van der Waals surface area contributed by atoms with Crippen molar-refractivity contribution in [3.8, 4) is 0 Å². The molecule has 0 radical (unpaired) electrons. The highest BCUT2D eigenvalue weighted by molar-refractivity contribution is 5.62. The number of methoxy groups -OCH3 is 1. The molecule has 7 heteroatoms. The third-order valence-electron chi connectivity index (χ3n) is 4.79. The number of ether oxygens (including phenoxy) is 1. The SMILES string of the molecule is COCCN(CCc1ccccc1)c1c(N)n(Cc2ccccc2)c(=O)[nH]c1=O. The molecule has 0 saturated carbocycles. The second-order valence-corrected chi connectivity index (χ2v) is 6.78. The molecule has 29 heavy (non-hydrogen) atoms. The third-order valence-corrected chi connectivity index (χ3v) is 4.79. The molecular formula is C22H26N4O3. The highest BCUT2D eigenvalue weighted by Gasteiger charge is 2.19. The molecule has 0 bridgehead atoms. The number of benzene rings is 2. The molecule has 0 spiro atoms. The molecular weight excluding hydrogens is 368 g/mol. The number of nitrogens with one attached hydrogen (secondary N) is 1. The number of nitrogen functional groups attached to an aromatic ring is 1.